The Morgan fingerprint density at radius 1 is 1.12 bits per heavy atom. The van der Waals surface area contributed by atoms with Gasteiger partial charge in [0.2, 0.25) is 5.95 Å². The van der Waals surface area contributed by atoms with E-state index in [-0.39, 0.29) is 48.1 Å². The lowest BCUT2D eigenvalue weighted by atomic mass is 9.89. The Labute approximate surface area is 247 Å². The molecular formula is C29H32F3N5O5S. The van der Waals surface area contributed by atoms with Gasteiger partial charge in [-0.3, -0.25) is 9.78 Å². The summed E-state index contributed by atoms with van der Waals surface area (Å²) in [6.07, 6.45) is -2.29. The molecule has 14 heteroatoms. The molecule has 1 aliphatic heterocycles. The number of hydrogen-bond donors (Lipinski definition) is 1. The van der Waals surface area contributed by atoms with E-state index in [0.717, 1.165) is 17.3 Å². The minimum absolute atomic E-state index is 0.00673. The molecule has 0 saturated carbocycles. The van der Waals surface area contributed by atoms with Crippen LogP contribution in [0.5, 0.6) is 0 Å². The number of sulfone groups is 1. The molecule has 1 aromatic carbocycles. The first-order valence-corrected chi connectivity index (χ1v) is 15.4. The Morgan fingerprint density at radius 3 is 2.42 bits per heavy atom. The van der Waals surface area contributed by atoms with E-state index in [2.05, 4.69) is 20.3 Å². The summed E-state index contributed by atoms with van der Waals surface area (Å²) in [4.78, 5) is 39.3. The Morgan fingerprint density at radius 2 is 1.81 bits per heavy atom. The number of fused-ring (bicyclic) bond motifs is 1. The summed E-state index contributed by atoms with van der Waals surface area (Å²) in [5, 5.41) is 2.80. The predicted octanol–water partition coefficient (Wildman–Crippen LogP) is 4.55. The molecule has 0 spiro atoms. The van der Waals surface area contributed by atoms with Crippen molar-refractivity contribution in [3.05, 3.63) is 76.4 Å². The van der Waals surface area contributed by atoms with Gasteiger partial charge in [0, 0.05) is 25.5 Å². The fraction of sp³-hybridized carbons (Fsp3) is 0.414. The SMILES string of the molecule is CCOC(=O)c1cnc(N2CCc3cc(C(=O)NCc4ccc(S(=O)(=O)CC)cc4)cnc3[C@H]2C(C)C)nc1C(F)(F)F. The third-order valence-corrected chi connectivity index (χ3v) is 8.80. The predicted molar refractivity (Wildman–Crippen MR) is 151 cm³/mol. The largest absolute Gasteiger partial charge is 0.462 e. The summed E-state index contributed by atoms with van der Waals surface area (Å²) in [5.74, 6) is -1.84. The number of rotatable bonds is 9. The van der Waals surface area contributed by atoms with Crippen molar-refractivity contribution in [1.29, 1.82) is 0 Å². The monoisotopic (exact) mass is 619 g/mol. The summed E-state index contributed by atoms with van der Waals surface area (Å²) in [6.45, 7) is 7.17. The van der Waals surface area contributed by atoms with Crippen molar-refractivity contribution in [2.45, 2.75) is 57.8 Å². The van der Waals surface area contributed by atoms with E-state index in [0.29, 0.717) is 17.7 Å². The Balaban J connectivity index is 1.55. The Kier molecular flexibility index (Phi) is 9.38. The zero-order valence-electron chi connectivity index (χ0n) is 24.1. The molecule has 4 rings (SSSR count). The van der Waals surface area contributed by atoms with Gasteiger partial charge in [0.05, 0.1) is 34.6 Å². The molecule has 1 atom stereocenters. The number of alkyl halides is 3. The molecule has 2 aromatic heterocycles. The van der Waals surface area contributed by atoms with Crippen LogP contribution in [0.25, 0.3) is 0 Å². The number of carbonyl (C=O) groups excluding carboxylic acids is 2. The fourth-order valence-electron chi connectivity index (χ4n) is 4.89. The fourth-order valence-corrected chi connectivity index (χ4v) is 5.77. The molecule has 0 unspecified atom stereocenters. The van der Waals surface area contributed by atoms with Crippen molar-refractivity contribution in [2.75, 3.05) is 23.8 Å². The number of halogens is 3. The zero-order chi connectivity index (χ0) is 31.5. The highest BCUT2D eigenvalue weighted by molar-refractivity contribution is 7.91. The maximum Gasteiger partial charge on any atom is 0.434 e. The smallest absolute Gasteiger partial charge is 0.434 e. The van der Waals surface area contributed by atoms with Crippen LogP contribution in [-0.4, -0.2) is 54.2 Å². The maximum atomic E-state index is 13.9. The van der Waals surface area contributed by atoms with Crippen LogP contribution in [-0.2, 0) is 33.7 Å². The van der Waals surface area contributed by atoms with Gasteiger partial charge in [0.15, 0.2) is 15.5 Å². The van der Waals surface area contributed by atoms with Crippen LogP contribution >= 0.6 is 0 Å². The van der Waals surface area contributed by atoms with Crippen LogP contribution in [0.1, 0.15) is 77.0 Å². The number of nitrogens with one attached hydrogen (secondary N) is 1. The quantitative estimate of drug-likeness (QED) is 0.343. The first-order valence-electron chi connectivity index (χ1n) is 13.7. The highest BCUT2D eigenvalue weighted by Gasteiger charge is 2.40. The minimum Gasteiger partial charge on any atom is -0.462 e. The molecule has 3 heterocycles. The molecule has 43 heavy (non-hydrogen) atoms. The van der Waals surface area contributed by atoms with Gasteiger partial charge in [-0.1, -0.05) is 32.9 Å². The van der Waals surface area contributed by atoms with Crippen LogP contribution in [0.3, 0.4) is 0 Å². The summed E-state index contributed by atoms with van der Waals surface area (Å²) in [7, 11) is -3.32. The molecule has 0 aliphatic carbocycles. The maximum absolute atomic E-state index is 13.9. The Bertz CT molecular complexity index is 1610. The van der Waals surface area contributed by atoms with Crippen molar-refractivity contribution < 1.29 is 35.9 Å². The van der Waals surface area contributed by atoms with Crippen molar-refractivity contribution in [3.8, 4) is 0 Å². The topological polar surface area (TPSA) is 131 Å². The Hall–Kier alpha value is -4.07. The first-order chi connectivity index (χ1) is 20.3. The third-order valence-electron chi connectivity index (χ3n) is 7.05. The molecule has 1 N–H and O–H groups in total. The highest BCUT2D eigenvalue weighted by atomic mass is 32.2. The number of pyridine rings is 1. The van der Waals surface area contributed by atoms with E-state index >= 15 is 0 Å². The first kappa shape index (κ1) is 31.9. The summed E-state index contributed by atoms with van der Waals surface area (Å²) in [5.41, 5.74) is 0.276. The summed E-state index contributed by atoms with van der Waals surface area (Å²) >= 11 is 0. The zero-order valence-corrected chi connectivity index (χ0v) is 24.9. The number of aromatic nitrogens is 3. The molecule has 0 bridgehead atoms. The number of nitrogens with zero attached hydrogens (tertiary/aromatic N) is 4. The van der Waals surface area contributed by atoms with Gasteiger partial charge >= 0.3 is 12.1 Å². The van der Waals surface area contributed by atoms with Gasteiger partial charge in [-0.25, -0.2) is 23.2 Å². The van der Waals surface area contributed by atoms with E-state index in [1.54, 1.807) is 30.0 Å². The van der Waals surface area contributed by atoms with E-state index in [9.17, 15) is 31.2 Å². The number of benzene rings is 1. The molecule has 1 aliphatic rings. The average Bonchev–Trinajstić information content (AvgIpc) is 2.98. The van der Waals surface area contributed by atoms with Crippen LogP contribution < -0.4 is 10.2 Å². The lowest BCUT2D eigenvalue weighted by molar-refractivity contribution is -0.141. The lowest BCUT2D eigenvalue weighted by Crippen LogP contribution is -2.40. The minimum atomic E-state index is -4.91. The lowest BCUT2D eigenvalue weighted by Gasteiger charge is -2.39. The van der Waals surface area contributed by atoms with Crippen molar-refractivity contribution in [1.82, 2.24) is 20.3 Å². The van der Waals surface area contributed by atoms with Gasteiger partial charge in [-0.05, 0) is 48.6 Å². The average molecular weight is 620 g/mol. The second-order valence-corrected chi connectivity index (χ2v) is 12.6. The van der Waals surface area contributed by atoms with Crippen molar-refractivity contribution >= 4 is 27.7 Å². The second kappa shape index (κ2) is 12.7. The molecule has 0 saturated heterocycles. The van der Waals surface area contributed by atoms with Crippen LogP contribution in [0.4, 0.5) is 19.1 Å². The number of ether oxygens (including phenoxy) is 1. The van der Waals surface area contributed by atoms with E-state index in [4.69, 9.17) is 4.74 Å². The molecule has 0 fully saturated rings. The van der Waals surface area contributed by atoms with Gasteiger partial charge < -0.3 is 15.0 Å². The number of hydrogen-bond acceptors (Lipinski definition) is 9. The molecule has 0 radical (unpaired) electrons. The second-order valence-electron chi connectivity index (χ2n) is 10.3. The van der Waals surface area contributed by atoms with Crippen molar-refractivity contribution in [2.24, 2.45) is 5.92 Å². The van der Waals surface area contributed by atoms with Crippen LogP contribution in [0, 0.1) is 5.92 Å². The van der Waals surface area contributed by atoms with Crippen molar-refractivity contribution in [3.63, 3.8) is 0 Å². The molecular weight excluding hydrogens is 587 g/mol. The molecule has 3 aromatic rings. The van der Waals surface area contributed by atoms with Gasteiger partial charge in [0.25, 0.3) is 5.91 Å². The van der Waals surface area contributed by atoms with Crippen LogP contribution in [0.15, 0.2) is 47.6 Å². The van der Waals surface area contributed by atoms with E-state index in [1.807, 2.05) is 13.8 Å². The standard InChI is InChI=1S/C29H32F3N5O5S/c1-5-42-27(39)22-16-35-28(36-25(22)29(30,31)32)37-12-11-19-13-20(15-33-23(19)24(37)17(3)4)26(38)34-14-18-7-9-21(10-8-18)43(40,41)6-2/h7-10,13,15-17,24H,5-6,11-12,14H2,1-4H3,(H,34,38)/t24-/m1/s1. The van der Waals surface area contributed by atoms with E-state index < -0.39 is 39.3 Å². The molecule has 1 amide bonds. The summed E-state index contributed by atoms with van der Waals surface area (Å²) < 4.78 is 70.4. The van der Waals surface area contributed by atoms with Crippen LogP contribution in [0.2, 0.25) is 0 Å². The third kappa shape index (κ3) is 6.95. The van der Waals surface area contributed by atoms with E-state index in [1.165, 1.54) is 25.3 Å². The number of amides is 1. The van der Waals surface area contributed by atoms with Gasteiger partial charge in [-0.2, -0.15) is 13.2 Å². The normalized spacial score (nSPS) is 15.3. The highest BCUT2D eigenvalue weighted by Crippen LogP contribution is 2.38. The number of carbonyl (C=O) groups is 2. The van der Waals surface area contributed by atoms with Gasteiger partial charge in [0.1, 0.15) is 5.56 Å². The molecule has 230 valence electrons. The summed E-state index contributed by atoms with van der Waals surface area (Å²) in [6, 6.07) is 7.51. The van der Waals surface area contributed by atoms with Gasteiger partial charge in [-0.15, -0.1) is 0 Å². The number of anilines is 1. The number of esters is 1. The molecule has 10 nitrogen and oxygen atoms in total.